The molecule has 1 atom stereocenters. The van der Waals surface area contributed by atoms with Gasteiger partial charge in [0, 0.05) is 6.54 Å². The van der Waals surface area contributed by atoms with Gasteiger partial charge in [-0.3, -0.25) is 0 Å². The Bertz CT molecular complexity index is 893. The molecular weight excluding hydrogens is 336 g/mol. The van der Waals surface area contributed by atoms with Crippen LogP contribution in [0.4, 0.5) is 5.82 Å². The second kappa shape index (κ2) is 7.16. The summed E-state index contributed by atoms with van der Waals surface area (Å²) >= 11 is 1.18. The maximum atomic E-state index is 11.4. The van der Waals surface area contributed by atoms with E-state index in [1.807, 2.05) is 32.3 Å². The van der Waals surface area contributed by atoms with Gasteiger partial charge in [-0.2, -0.15) is 0 Å². The Hall–Kier alpha value is -2.51. The Labute approximate surface area is 150 Å². The number of nitrogens with zero attached hydrogens (tertiary/aromatic N) is 3. The van der Waals surface area contributed by atoms with Crippen LogP contribution < -0.4 is 5.32 Å². The molecule has 0 fully saturated rings. The number of aromatic carboxylic acids is 1. The summed E-state index contributed by atoms with van der Waals surface area (Å²) in [6, 6.07) is 10.2. The molecule has 6 nitrogen and oxygen atoms in total. The van der Waals surface area contributed by atoms with Crippen LogP contribution in [0.25, 0.3) is 10.2 Å². The zero-order valence-corrected chi connectivity index (χ0v) is 15.2. The molecule has 0 amide bonds. The first-order valence-corrected chi connectivity index (χ1v) is 8.72. The fourth-order valence-corrected chi connectivity index (χ4v) is 3.82. The van der Waals surface area contributed by atoms with Crippen molar-refractivity contribution in [1.82, 2.24) is 14.9 Å². The van der Waals surface area contributed by atoms with Crippen molar-refractivity contribution in [3.05, 3.63) is 52.7 Å². The van der Waals surface area contributed by atoms with Crippen LogP contribution in [0.2, 0.25) is 0 Å². The minimum absolute atomic E-state index is 0.0295. The van der Waals surface area contributed by atoms with Crippen molar-refractivity contribution in [2.45, 2.75) is 13.0 Å². The molecule has 130 valence electrons. The van der Waals surface area contributed by atoms with Crippen LogP contribution >= 0.6 is 11.3 Å². The lowest BCUT2D eigenvalue weighted by atomic mass is 10.1. The Balaban J connectivity index is 2.04. The monoisotopic (exact) mass is 356 g/mol. The van der Waals surface area contributed by atoms with Gasteiger partial charge < -0.3 is 15.3 Å². The standard InChI is InChI=1S/C18H20N4O2S/c1-11-14-16(19-10-20-17(14)25-15(11)18(23)24)21-13(9-22(2)3)12-7-5-4-6-8-12/h4-8,10,13H,9H2,1-3H3,(H,23,24)(H,19,20,21). The summed E-state index contributed by atoms with van der Waals surface area (Å²) in [6.45, 7) is 2.59. The topological polar surface area (TPSA) is 78.3 Å². The Morgan fingerprint density at radius 1 is 1.28 bits per heavy atom. The lowest BCUT2D eigenvalue weighted by Crippen LogP contribution is -2.26. The molecule has 0 aliphatic carbocycles. The van der Waals surface area contributed by atoms with E-state index in [2.05, 4.69) is 32.3 Å². The number of rotatable bonds is 6. The third kappa shape index (κ3) is 3.62. The zero-order chi connectivity index (χ0) is 18.0. The number of hydrogen-bond acceptors (Lipinski definition) is 6. The van der Waals surface area contributed by atoms with Gasteiger partial charge in [-0.05, 0) is 32.1 Å². The van der Waals surface area contributed by atoms with E-state index in [-0.39, 0.29) is 6.04 Å². The van der Waals surface area contributed by atoms with Crippen LogP contribution in [0.3, 0.4) is 0 Å². The van der Waals surface area contributed by atoms with Crippen molar-refractivity contribution in [3.63, 3.8) is 0 Å². The minimum Gasteiger partial charge on any atom is -0.477 e. The van der Waals surface area contributed by atoms with Crippen LogP contribution in [-0.2, 0) is 0 Å². The van der Waals surface area contributed by atoms with Crippen molar-refractivity contribution in [3.8, 4) is 0 Å². The van der Waals surface area contributed by atoms with Crippen molar-refractivity contribution in [1.29, 1.82) is 0 Å². The van der Waals surface area contributed by atoms with Crippen LogP contribution in [-0.4, -0.2) is 46.6 Å². The summed E-state index contributed by atoms with van der Waals surface area (Å²) in [5.74, 6) is -0.263. The van der Waals surface area contributed by atoms with E-state index in [9.17, 15) is 9.90 Å². The number of aromatic nitrogens is 2. The van der Waals surface area contributed by atoms with Gasteiger partial charge in [0.1, 0.15) is 21.9 Å². The quantitative estimate of drug-likeness (QED) is 0.705. The number of hydrogen-bond donors (Lipinski definition) is 2. The van der Waals surface area contributed by atoms with E-state index in [0.29, 0.717) is 21.1 Å². The number of thiophene rings is 1. The van der Waals surface area contributed by atoms with E-state index in [0.717, 1.165) is 17.5 Å². The van der Waals surface area contributed by atoms with Crippen LogP contribution in [0.5, 0.6) is 0 Å². The number of aryl methyl sites for hydroxylation is 1. The largest absolute Gasteiger partial charge is 0.477 e. The van der Waals surface area contributed by atoms with Gasteiger partial charge in [0.25, 0.3) is 0 Å². The molecular formula is C18H20N4O2S. The molecule has 25 heavy (non-hydrogen) atoms. The molecule has 2 N–H and O–H groups in total. The molecule has 0 aliphatic rings. The van der Waals surface area contributed by atoms with Crippen molar-refractivity contribution >= 4 is 33.3 Å². The minimum atomic E-state index is -0.931. The molecule has 2 heterocycles. The van der Waals surface area contributed by atoms with E-state index in [1.165, 1.54) is 17.7 Å². The lowest BCUT2D eigenvalue weighted by Gasteiger charge is -2.23. The molecule has 1 aromatic carbocycles. The SMILES string of the molecule is Cc1c(C(=O)O)sc2ncnc(NC(CN(C)C)c3ccccc3)c12. The van der Waals surface area contributed by atoms with Crippen LogP contribution in [0, 0.1) is 6.92 Å². The number of carbonyl (C=O) groups is 1. The first-order valence-electron chi connectivity index (χ1n) is 7.91. The van der Waals surface area contributed by atoms with Crippen molar-refractivity contribution < 1.29 is 9.90 Å². The van der Waals surface area contributed by atoms with Crippen molar-refractivity contribution in [2.75, 3.05) is 26.0 Å². The fourth-order valence-electron chi connectivity index (χ4n) is 2.83. The maximum Gasteiger partial charge on any atom is 0.346 e. The van der Waals surface area contributed by atoms with Gasteiger partial charge >= 0.3 is 5.97 Å². The summed E-state index contributed by atoms with van der Waals surface area (Å²) < 4.78 is 0. The number of carboxylic acid groups (broad SMARTS) is 1. The molecule has 0 saturated heterocycles. The second-order valence-electron chi connectivity index (χ2n) is 6.13. The average molecular weight is 356 g/mol. The fraction of sp³-hybridized carbons (Fsp3) is 0.278. The van der Waals surface area contributed by atoms with Gasteiger partial charge in [0.2, 0.25) is 0 Å². The Morgan fingerprint density at radius 2 is 2.00 bits per heavy atom. The highest BCUT2D eigenvalue weighted by atomic mass is 32.1. The maximum absolute atomic E-state index is 11.4. The Kier molecular flexibility index (Phi) is 4.96. The molecule has 0 bridgehead atoms. The summed E-state index contributed by atoms with van der Waals surface area (Å²) in [5, 5.41) is 13.6. The molecule has 0 aliphatic heterocycles. The number of nitrogens with one attached hydrogen (secondary N) is 1. The first-order chi connectivity index (χ1) is 12.0. The molecule has 0 radical (unpaired) electrons. The molecule has 1 unspecified atom stereocenters. The van der Waals surface area contributed by atoms with E-state index >= 15 is 0 Å². The Morgan fingerprint density at radius 3 is 2.64 bits per heavy atom. The third-order valence-corrected chi connectivity index (χ3v) is 5.17. The first kappa shape index (κ1) is 17.3. The van der Waals surface area contributed by atoms with Gasteiger partial charge in [-0.25, -0.2) is 14.8 Å². The van der Waals surface area contributed by atoms with Gasteiger partial charge in [-0.1, -0.05) is 30.3 Å². The molecule has 7 heteroatoms. The molecule has 0 saturated carbocycles. The second-order valence-corrected chi connectivity index (χ2v) is 7.13. The number of likely N-dealkylation sites (N-methyl/N-ethyl adjacent to an activating group) is 1. The van der Waals surface area contributed by atoms with E-state index in [1.54, 1.807) is 6.92 Å². The van der Waals surface area contributed by atoms with Crippen molar-refractivity contribution in [2.24, 2.45) is 0 Å². The number of benzene rings is 1. The third-order valence-electron chi connectivity index (χ3n) is 3.98. The average Bonchev–Trinajstić information content (AvgIpc) is 2.93. The molecule has 3 aromatic rings. The zero-order valence-electron chi connectivity index (χ0n) is 14.4. The highest BCUT2D eigenvalue weighted by molar-refractivity contribution is 7.20. The predicted octanol–water partition coefficient (Wildman–Crippen LogP) is 3.41. The summed E-state index contributed by atoms with van der Waals surface area (Å²) in [7, 11) is 4.04. The van der Waals surface area contributed by atoms with Crippen LogP contribution in [0.1, 0.15) is 26.8 Å². The summed E-state index contributed by atoms with van der Waals surface area (Å²) in [5.41, 5.74) is 1.85. The number of anilines is 1. The highest BCUT2D eigenvalue weighted by Gasteiger charge is 2.21. The van der Waals surface area contributed by atoms with Gasteiger partial charge in [-0.15, -0.1) is 11.3 Å². The summed E-state index contributed by atoms with van der Waals surface area (Å²) in [6.07, 6.45) is 1.48. The number of carboxylic acids is 1. The highest BCUT2D eigenvalue weighted by Crippen LogP contribution is 2.34. The van der Waals surface area contributed by atoms with Crippen LogP contribution in [0.15, 0.2) is 36.7 Å². The molecule has 0 spiro atoms. The summed E-state index contributed by atoms with van der Waals surface area (Å²) in [4.78, 5) is 23.1. The van der Waals surface area contributed by atoms with Gasteiger partial charge in [0.15, 0.2) is 0 Å². The van der Waals surface area contributed by atoms with E-state index < -0.39 is 5.97 Å². The predicted molar refractivity (Wildman–Crippen MR) is 100 cm³/mol. The normalized spacial score (nSPS) is 12.5. The number of fused-ring (bicyclic) bond motifs is 1. The molecule has 2 aromatic heterocycles. The van der Waals surface area contributed by atoms with E-state index in [4.69, 9.17) is 0 Å². The lowest BCUT2D eigenvalue weighted by molar-refractivity contribution is 0.0701. The molecule has 3 rings (SSSR count). The smallest absolute Gasteiger partial charge is 0.346 e. The van der Waals surface area contributed by atoms with Gasteiger partial charge in [0.05, 0.1) is 11.4 Å².